The van der Waals surface area contributed by atoms with Gasteiger partial charge in [0.15, 0.2) is 17.1 Å². The second kappa shape index (κ2) is 10.6. The summed E-state index contributed by atoms with van der Waals surface area (Å²) >= 11 is 6.28. The molecule has 0 atom stereocenters. The van der Waals surface area contributed by atoms with Gasteiger partial charge in [0.05, 0.1) is 28.9 Å². The van der Waals surface area contributed by atoms with E-state index in [-0.39, 0.29) is 12.4 Å². The van der Waals surface area contributed by atoms with E-state index in [9.17, 15) is 9.90 Å². The molecule has 6 rings (SSSR count). The number of pyridine rings is 1. The lowest BCUT2D eigenvalue weighted by atomic mass is 10.1. The number of nitrogens with zero attached hydrogens (tertiary/aromatic N) is 3. The molecule has 0 aliphatic carbocycles. The van der Waals surface area contributed by atoms with Crippen molar-refractivity contribution < 1.29 is 24.1 Å². The van der Waals surface area contributed by atoms with E-state index in [2.05, 4.69) is 5.10 Å². The molecule has 8 nitrogen and oxygen atoms in total. The maximum absolute atomic E-state index is 12.2. The SMILES string of the molecule is Cc1cc(Oc2ccc(Cn3nc(C)c4c(C(=O)O)cc(C=Cc5ccc6c(c5)OCO6)nc43)cc2)cc(C)c1Cl. The van der Waals surface area contributed by atoms with Gasteiger partial charge in [-0.05, 0) is 91.6 Å². The molecule has 0 saturated heterocycles. The van der Waals surface area contributed by atoms with Crippen molar-refractivity contribution in [2.75, 3.05) is 6.79 Å². The summed E-state index contributed by atoms with van der Waals surface area (Å²) in [6.07, 6.45) is 3.64. The highest BCUT2D eigenvalue weighted by Gasteiger charge is 2.19. The number of carboxylic acid groups (broad SMARTS) is 1. The monoisotopic (exact) mass is 567 g/mol. The van der Waals surface area contributed by atoms with Crippen LogP contribution in [0.3, 0.4) is 0 Å². The van der Waals surface area contributed by atoms with E-state index in [1.54, 1.807) is 23.7 Å². The molecule has 0 saturated carbocycles. The Hall–Kier alpha value is -4.82. The van der Waals surface area contributed by atoms with Crippen molar-refractivity contribution >= 4 is 40.8 Å². The fraction of sp³-hybridized carbons (Fsp3) is 0.156. The summed E-state index contributed by atoms with van der Waals surface area (Å²) in [7, 11) is 0. The molecule has 1 aliphatic heterocycles. The first-order valence-electron chi connectivity index (χ1n) is 13.0. The van der Waals surface area contributed by atoms with Crippen LogP contribution in [0.1, 0.15) is 44.0 Å². The topological polar surface area (TPSA) is 95.7 Å². The van der Waals surface area contributed by atoms with Crippen molar-refractivity contribution in [1.82, 2.24) is 14.8 Å². The molecule has 0 fully saturated rings. The van der Waals surface area contributed by atoms with Gasteiger partial charge in [0.25, 0.3) is 0 Å². The van der Waals surface area contributed by atoms with E-state index in [0.717, 1.165) is 33.0 Å². The summed E-state index contributed by atoms with van der Waals surface area (Å²) < 4.78 is 18.6. The molecular formula is C32H26ClN3O5. The number of halogens is 1. The fourth-order valence-electron chi connectivity index (χ4n) is 4.87. The normalized spacial score (nSPS) is 12.4. The summed E-state index contributed by atoms with van der Waals surface area (Å²) in [4.78, 5) is 17.0. The van der Waals surface area contributed by atoms with Crippen LogP contribution in [0.4, 0.5) is 0 Å². The zero-order valence-corrected chi connectivity index (χ0v) is 23.4. The molecule has 0 radical (unpaired) electrons. The van der Waals surface area contributed by atoms with E-state index < -0.39 is 5.97 Å². The number of aryl methyl sites for hydroxylation is 3. The molecule has 206 valence electrons. The first-order chi connectivity index (χ1) is 19.7. The van der Waals surface area contributed by atoms with Crippen molar-refractivity contribution in [1.29, 1.82) is 0 Å². The molecule has 0 spiro atoms. The van der Waals surface area contributed by atoms with E-state index in [0.29, 0.717) is 46.2 Å². The van der Waals surface area contributed by atoms with E-state index in [1.165, 1.54) is 0 Å². The number of benzene rings is 3. The minimum absolute atomic E-state index is 0.154. The largest absolute Gasteiger partial charge is 0.478 e. The number of carbonyl (C=O) groups is 1. The van der Waals surface area contributed by atoms with E-state index >= 15 is 0 Å². The van der Waals surface area contributed by atoms with Gasteiger partial charge in [-0.1, -0.05) is 35.9 Å². The third kappa shape index (κ3) is 5.34. The molecule has 0 bridgehead atoms. The molecule has 3 aromatic carbocycles. The minimum atomic E-state index is -1.04. The number of aromatic carboxylic acids is 1. The lowest BCUT2D eigenvalue weighted by molar-refractivity contribution is 0.0699. The third-order valence-electron chi connectivity index (χ3n) is 6.87. The van der Waals surface area contributed by atoms with Crippen LogP contribution in [0, 0.1) is 20.8 Å². The van der Waals surface area contributed by atoms with E-state index in [1.807, 2.05) is 74.5 Å². The molecule has 1 aliphatic rings. The zero-order valence-electron chi connectivity index (χ0n) is 22.6. The summed E-state index contributed by atoms with van der Waals surface area (Å²) in [6, 6.07) is 18.7. The fourth-order valence-corrected chi connectivity index (χ4v) is 4.98. The number of rotatable bonds is 7. The summed E-state index contributed by atoms with van der Waals surface area (Å²) in [6.45, 7) is 6.30. The Morgan fingerprint density at radius 3 is 2.44 bits per heavy atom. The maximum Gasteiger partial charge on any atom is 0.336 e. The standard InChI is InChI=1S/C32H26ClN3O5/c1-18-12-25(13-19(2)30(18)33)41-24-9-5-22(6-10-24)16-36-31-29(20(3)35-36)26(32(37)38)15-23(34-31)8-4-21-7-11-27-28(14-21)40-17-39-27/h4-15H,16-17H2,1-3H3,(H,37,38). The molecular weight excluding hydrogens is 542 g/mol. The molecule has 2 aromatic heterocycles. The van der Waals surface area contributed by atoms with Gasteiger partial charge in [0, 0.05) is 5.02 Å². The summed E-state index contributed by atoms with van der Waals surface area (Å²) in [5, 5.41) is 15.9. The van der Waals surface area contributed by atoms with Crippen LogP contribution in [-0.2, 0) is 6.54 Å². The predicted molar refractivity (Wildman–Crippen MR) is 157 cm³/mol. The van der Waals surface area contributed by atoms with Gasteiger partial charge in [-0.3, -0.25) is 0 Å². The first-order valence-corrected chi connectivity index (χ1v) is 13.4. The van der Waals surface area contributed by atoms with Crippen molar-refractivity contribution in [2.45, 2.75) is 27.3 Å². The zero-order chi connectivity index (χ0) is 28.7. The quantitative estimate of drug-likeness (QED) is 0.218. The molecule has 1 N–H and O–H groups in total. The average Bonchev–Trinajstić information content (AvgIpc) is 3.54. The molecule has 0 unspecified atom stereocenters. The van der Waals surface area contributed by atoms with Gasteiger partial charge in [-0.2, -0.15) is 5.10 Å². The smallest absolute Gasteiger partial charge is 0.336 e. The Balaban J connectivity index is 1.28. The number of carboxylic acids is 1. The van der Waals surface area contributed by atoms with Crippen molar-refractivity contribution in [2.24, 2.45) is 0 Å². The van der Waals surface area contributed by atoms with Crippen LogP contribution < -0.4 is 14.2 Å². The van der Waals surface area contributed by atoms with Crippen molar-refractivity contribution in [3.63, 3.8) is 0 Å². The average molecular weight is 568 g/mol. The number of aromatic nitrogens is 3. The Bertz CT molecular complexity index is 1820. The number of ether oxygens (including phenoxy) is 3. The Labute approximate surface area is 241 Å². The summed E-state index contributed by atoms with van der Waals surface area (Å²) in [5.41, 5.74) is 5.52. The predicted octanol–water partition coefficient (Wildman–Crippen LogP) is 7.45. The van der Waals surface area contributed by atoms with E-state index in [4.69, 9.17) is 30.8 Å². The van der Waals surface area contributed by atoms with Crippen molar-refractivity contribution in [3.8, 4) is 23.0 Å². The van der Waals surface area contributed by atoms with Crippen LogP contribution in [0.15, 0.2) is 60.7 Å². The van der Waals surface area contributed by atoms with Crippen LogP contribution >= 0.6 is 11.6 Å². The molecule has 9 heteroatoms. The lowest BCUT2D eigenvalue weighted by Crippen LogP contribution is -2.05. The second-order valence-electron chi connectivity index (χ2n) is 9.90. The maximum atomic E-state index is 12.2. The van der Waals surface area contributed by atoms with Crippen LogP contribution in [0.5, 0.6) is 23.0 Å². The molecule has 3 heterocycles. The van der Waals surface area contributed by atoms with Crippen molar-refractivity contribution in [3.05, 3.63) is 105 Å². The first kappa shape index (κ1) is 26.4. The molecule has 41 heavy (non-hydrogen) atoms. The highest BCUT2D eigenvalue weighted by molar-refractivity contribution is 6.32. The van der Waals surface area contributed by atoms with Gasteiger partial charge in [-0.15, -0.1) is 0 Å². The highest BCUT2D eigenvalue weighted by Crippen LogP contribution is 2.33. The Morgan fingerprint density at radius 2 is 1.71 bits per heavy atom. The molecule has 5 aromatic rings. The third-order valence-corrected chi connectivity index (χ3v) is 7.47. The number of hydrogen-bond donors (Lipinski definition) is 1. The van der Waals surface area contributed by atoms with Gasteiger partial charge in [-0.25, -0.2) is 14.5 Å². The highest BCUT2D eigenvalue weighted by atomic mass is 35.5. The van der Waals surface area contributed by atoms with Gasteiger partial charge >= 0.3 is 5.97 Å². The Morgan fingerprint density at radius 1 is 0.976 bits per heavy atom. The minimum Gasteiger partial charge on any atom is -0.478 e. The van der Waals surface area contributed by atoms with Gasteiger partial charge in [0.1, 0.15) is 11.5 Å². The van der Waals surface area contributed by atoms with Gasteiger partial charge < -0.3 is 19.3 Å². The van der Waals surface area contributed by atoms with Crippen LogP contribution in [0.2, 0.25) is 5.02 Å². The van der Waals surface area contributed by atoms with Gasteiger partial charge in [0.2, 0.25) is 6.79 Å². The summed E-state index contributed by atoms with van der Waals surface area (Å²) in [5.74, 6) is 1.75. The van der Waals surface area contributed by atoms with Crippen LogP contribution in [-0.4, -0.2) is 32.6 Å². The van der Waals surface area contributed by atoms with Crippen LogP contribution in [0.25, 0.3) is 23.2 Å². The number of hydrogen-bond acceptors (Lipinski definition) is 6. The number of fused-ring (bicyclic) bond motifs is 2. The lowest BCUT2D eigenvalue weighted by Gasteiger charge is -2.10. The molecule has 0 amide bonds. The second-order valence-corrected chi connectivity index (χ2v) is 10.3. The Kier molecular flexibility index (Phi) is 6.85.